The molecule has 1 aliphatic heterocycles. The van der Waals surface area contributed by atoms with Crippen molar-refractivity contribution in [3.63, 3.8) is 0 Å². The molecular weight excluding hydrogens is 598 g/mol. The van der Waals surface area contributed by atoms with Crippen molar-refractivity contribution in [2.45, 2.75) is 80.6 Å². The number of piperidine rings is 1. The van der Waals surface area contributed by atoms with E-state index in [1.54, 1.807) is 51.7 Å². The summed E-state index contributed by atoms with van der Waals surface area (Å²) >= 11 is 0. The van der Waals surface area contributed by atoms with Crippen molar-refractivity contribution in [1.82, 2.24) is 4.90 Å². The number of hydrogen-bond acceptors (Lipinski definition) is 12. The minimum atomic E-state index is -1.83. The fourth-order valence-corrected chi connectivity index (χ4v) is 12.3. The lowest BCUT2D eigenvalue weighted by Gasteiger charge is -2.70. The van der Waals surface area contributed by atoms with Crippen LogP contribution in [0, 0.1) is 34.5 Å². The summed E-state index contributed by atoms with van der Waals surface area (Å²) in [5, 5.41) is 37.3. The van der Waals surface area contributed by atoms with Gasteiger partial charge in [0.05, 0.1) is 30.5 Å². The number of aliphatic hydroxyl groups is 3. The summed E-state index contributed by atoms with van der Waals surface area (Å²) in [4.78, 5) is 29.3. The van der Waals surface area contributed by atoms with Crippen LogP contribution in [-0.2, 0) is 33.2 Å². The van der Waals surface area contributed by atoms with Gasteiger partial charge >= 0.3 is 11.9 Å². The summed E-state index contributed by atoms with van der Waals surface area (Å²) in [6, 6.07) is 8.18. The first-order valence-corrected chi connectivity index (χ1v) is 16.3. The Bertz CT molecular complexity index is 1360. The fraction of sp³-hybridized carbons (Fsp3) is 0.765. The van der Waals surface area contributed by atoms with Gasteiger partial charge in [0.2, 0.25) is 0 Å². The summed E-state index contributed by atoms with van der Waals surface area (Å²) in [7, 11) is 6.27. The van der Waals surface area contributed by atoms with Crippen molar-refractivity contribution in [2.24, 2.45) is 34.5 Å². The van der Waals surface area contributed by atoms with Gasteiger partial charge in [-0.25, -0.2) is 4.79 Å². The highest BCUT2D eigenvalue weighted by Crippen LogP contribution is 2.80. The Morgan fingerprint density at radius 2 is 1.72 bits per heavy atom. The SMILES string of the molecule is CCN1CC2(COC)C3[C@@H](OC)[C@H]4C1[C@]3(C(OC)C[C@H]2O)C1C[C@]2(O)C(OC)C(O)[C@@]4(OC(C)=O)C1[C@H]2OC(=O)c1ccccc1. The van der Waals surface area contributed by atoms with Crippen molar-refractivity contribution in [2.75, 3.05) is 48.1 Å². The zero-order chi connectivity index (χ0) is 33.0. The quantitative estimate of drug-likeness (QED) is 0.323. The molecule has 6 fully saturated rings. The summed E-state index contributed by atoms with van der Waals surface area (Å²) in [6.07, 6.45) is -5.49. The first-order chi connectivity index (χ1) is 22.0. The molecule has 1 aromatic carbocycles. The lowest BCUT2D eigenvalue weighted by atomic mass is 9.42. The third-order valence-corrected chi connectivity index (χ3v) is 13.2. The van der Waals surface area contributed by atoms with Gasteiger partial charge in [0.15, 0.2) is 5.60 Å². The van der Waals surface area contributed by atoms with Crippen LogP contribution >= 0.6 is 0 Å². The standard InChI is InChI=1S/C34H47NO11/c1-7-35-15-31(16-41-3)20(37)13-21(42-4)33-19-14-32(40)28(45-30(39)18-11-9-8-10-12-18)22(19)34(46-17(2)36,27(38)29(32)44-6)23(26(33)35)24(43-5)25(31)33/h8-12,19-29,37-38,40H,7,13-16H2,1-6H3/t19?,20-,21?,22?,23+,24+,25?,26?,27?,28-,29?,31?,32-,33+,34-/m1/s1. The molecule has 254 valence electrons. The highest BCUT2D eigenvalue weighted by molar-refractivity contribution is 5.89. The Labute approximate surface area is 269 Å². The number of carbonyl (C=O) groups is 2. The lowest BCUT2D eigenvalue weighted by Crippen LogP contribution is -2.81. The fourth-order valence-electron chi connectivity index (χ4n) is 12.3. The van der Waals surface area contributed by atoms with Gasteiger partial charge in [0.1, 0.15) is 23.9 Å². The first kappa shape index (κ1) is 32.4. The molecule has 1 aromatic rings. The van der Waals surface area contributed by atoms with Crippen LogP contribution in [0.2, 0.25) is 0 Å². The topological polar surface area (TPSA) is 153 Å². The van der Waals surface area contributed by atoms with E-state index in [1.165, 1.54) is 14.0 Å². The molecule has 1 saturated heterocycles. The predicted octanol–water partition coefficient (Wildman–Crippen LogP) is 0.648. The smallest absolute Gasteiger partial charge is 0.338 e. The molecule has 15 atom stereocenters. The van der Waals surface area contributed by atoms with Crippen LogP contribution in [0.3, 0.4) is 0 Å². The molecule has 12 heteroatoms. The number of nitrogens with zero attached hydrogens (tertiary/aromatic N) is 1. The molecule has 46 heavy (non-hydrogen) atoms. The van der Waals surface area contributed by atoms with E-state index in [0.29, 0.717) is 25.1 Å². The minimum absolute atomic E-state index is 0.0791. The summed E-state index contributed by atoms with van der Waals surface area (Å²) in [5.74, 6) is -3.65. The van der Waals surface area contributed by atoms with E-state index < -0.39 is 88.3 Å². The molecule has 8 unspecified atom stereocenters. The maximum atomic E-state index is 13.8. The van der Waals surface area contributed by atoms with Crippen molar-refractivity contribution < 1.29 is 53.3 Å². The van der Waals surface area contributed by atoms with Gasteiger partial charge in [0, 0.05) is 83.0 Å². The number of benzene rings is 1. The first-order valence-electron chi connectivity index (χ1n) is 16.3. The molecule has 1 heterocycles. The van der Waals surface area contributed by atoms with E-state index in [0.717, 1.165) is 0 Å². The molecule has 5 saturated carbocycles. The number of rotatable bonds is 9. The van der Waals surface area contributed by atoms with Crippen LogP contribution in [0.4, 0.5) is 0 Å². The number of fused-ring (bicyclic) bond motifs is 2. The number of esters is 2. The molecule has 0 aromatic heterocycles. The second-order valence-electron chi connectivity index (χ2n) is 14.4. The van der Waals surface area contributed by atoms with Crippen molar-refractivity contribution in [3.05, 3.63) is 35.9 Å². The Hall–Kier alpha value is -2.16. The van der Waals surface area contributed by atoms with Crippen LogP contribution in [-0.4, -0.2) is 134 Å². The summed E-state index contributed by atoms with van der Waals surface area (Å²) in [6.45, 7) is 4.68. The van der Waals surface area contributed by atoms with Gasteiger partial charge in [-0.3, -0.25) is 9.69 Å². The van der Waals surface area contributed by atoms with E-state index in [9.17, 15) is 24.9 Å². The van der Waals surface area contributed by atoms with E-state index in [2.05, 4.69) is 4.90 Å². The van der Waals surface area contributed by atoms with Crippen LogP contribution in [0.15, 0.2) is 30.3 Å². The number of likely N-dealkylation sites (tertiary alicyclic amines) is 1. The van der Waals surface area contributed by atoms with Crippen LogP contribution < -0.4 is 0 Å². The van der Waals surface area contributed by atoms with E-state index in [1.807, 2.05) is 6.92 Å². The largest absolute Gasteiger partial charge is 0.455 e. The number of methoxy groups -OCH3 is 4. The molecule has 12 nitrogen and oxygen atoms in total. The maximum absolute atomic E-state index is 13.8. The van der Waals surface area contributed by atoms with E-state index >= 15 is 0 Å². The normalized spacial score (nSPS) is 49.9. The van der Waals surface area contributed by atoms with Gasteiger partial charge in [-0.1, -0.05) is 25.1 Å². The Balaban J connectivity index is 1.53. The molecule has 6 aliphatic rings. The number of aliphatic hydroxyl groups excluding tert-OH is 2. The van der Waals surface area contributed by atoms with Crippen LogP contribution in [0.1, 0.15) is 37.0 Å². The third kappa shape index (κ3) is 3.62. The van der Waals surface area contributed by atoms with Crippen LogP contribution in [0.25, 0.3) is 0 Å². The summed E-state index contributed by atoms with van der Waals surface area (Å²) in [5.41, 5.74) is -4.79. The summed E-state index contributed by atoms with van der Waals surface area (Å²) < 4.78 is 37.4. The second kappa shape index (κ2) is 10.9. The average molecular weight is 646 g/mol. The minimum Gasteiger partial charge on any atom is -0.455 e. The molecule has 7 rings (SSSR count). The van der Waals surface area contributed by atoms with Gasteiger partial charge in [0.25, 0.3) is 0 Å². The molecule has 0 radical (unpaired) electrons. The predicted molar refractivity (Wildman–Crippen MR) is 160 cm³/mol. The molecule has 5 aliphatic carbocycles. The van der Waals surface area contributed by atoms with Gasteiger partial charge in [-0.05, 0) is 31.0 Å². The van der Waals surface area contributed by atoms with Gasteiger partial charge in [-0.2, -0.15) is 0 Å². The second-order valence-corrected chi connectivity index (χ2v) is 14.4. The molecule has 7 bridgehead atoms. The van der Waals surface area contributed by atoms with Gasteiger partial charge < -0.3 is 43.7 Å². The monoisotopic (exact) mass is 645 g/mol. The molecule has 3 N–H and O–H groups in total. The van der Waals surface area contributed by atoms with Crippen molar-refractivity contribution in [3.8, 4) is 0 Å². The Kier molecular flexibility index (Phi) is 7.69. The zero-order valence-electron chi connectivity index (χ0n) is 27.3. The van der Waals surface area contributed by atoms with Gasteiger partial charge in [-0.15, -0.1) is 0 Å². The van der Waals surface area contributed by atoms with Crippen molar-refractivity contribution >= 4 is 11.9 Å². The molecule has 0 amide bonds. The highest BCUT2D eigenvalue weighted by Gasteiger charge is 2.92. The molecule has 1 spiro atoms. The Morgan fingerprint density at radius 3 is 2.30 bits per heavy atom. The average Bonchev–Trinajstić information content (AvgIpc) is 3.41. The number of hydrogen-bond donors (Lipinski definition) is 3. The number of ether oxygens (including phenoxy) is 6. The van der Waals surface area contributed by atoms with E-state index in [4.69, 9.17) is 28.4 Å². The van der Waals surface area contributed by atoms with Crippen molar-refractivity contribution in [1.29, 1.82) is 0 Å². The third-order valence-electron chi connectivity index (χ3n) is 13.2. The number of carbonyl (C=O) groups excluding carboxylic acids is 2. The maximum Gasteiger partial charge on any atom is 0.338 e. The Morgan fingerprint density at radius 1 is 1.00 bits per heavy atom. The zero-order valence-corrected chi connectivity index (χ0v) is 27.3. The lowest BCUT2D eigenvalue weighted by molar-refractivity contribution is -0.322. The molecular formula is C34H47NO11. The van der Waals surface area contributed by atoms with Crippen LogP contribution in [0.5, 0.6) is 0 Å². The highest BCUT2D eigenvalue weighted by atomic mass is 16.6. The van der Waals surface area contributed by atoms with E-state index in [-0.39, 0.29) is 25.0 Å².